The van der Waals surface area contributed by atoms with Gasteiger partial charge in [0.05, 0.1) is 11.6 Å². The molecule has 1 aromatic carbocycles. The van der Waals surface area contributed by atoms with Crippen LogP contribution in [0.15, 0.2) is 24.3 Å². The summed E-state index contributed by atoms with van der Waals surface area (Å²) in [5.41, 5.74) is 2.46. The summed E-state index contributed by atoms with van der Waals surface area (Å²) in [7, 11) is 0. The van der Waals surface area contributed by atoms with Gasteiger partial charge in [-0.2, -0.15) is 5.26 Å². The number of hydrogen-bond acceptors (Lipinski definition) is 3. The second-order valence-electron chi connectivity index (χ2n) is 4.52. The first-order valence-corrected chi connectivity index (χ1v) is 6.86. The second-order valence-corrected chi connectivity index (χ2v) is 5.86. The molecule has 0 aliphatic carbocycles. The first-order chi connectivity index (χ1) is 9.08. The molecule has 1 aromatic heterocycles. The average molecular weight is 274 g/mol. The number of aryl methyl sites for hydroxylation is 2. The number of thiophene rings is 1. The fourth-order valence-electron chi connectivity index (χ4n) is 1.88. The van der Waals surface area contributed by atoms with Gasteiger partial charge in [-0.3, -0.25) is 0 Å². The molecular weight excluding hydrogens is 259 g/mol. The van der Waals surface area contributed by atoms with Crippen LogP contribution in [-0.2, 0) is 13.1 Å². The van der Waals surface area contributed by atoms with E-state index in [0.717, 1.165) is 12.1 Å². The van der Waals surface area contributed by atoms with Gasteiger partial charge < -0.3 is 5.32 Å². The molecule has 1 heterocycles. The van der Waals surface area contributed by atoms with E-state index in [-0.39, 0.29) is 5.82 Å². The lowest BCUT2D eigenvalue weighted by atomic mass is 10.1. The van der Waals surface area contributed by atoms with Crippen molar-refractivity contribution in [3.63, 3.8) is 0 Å². The molecule has 4 heteroatoms. The maximum atomic E-state index is 13.2. The number of hydrogen-bond donors (Lipinski definition) is 1. The van der Waals surface area contributed by atoms with Crippen molar-refractivity contribution in [1.82, 2.24) is 5.32 Å². The monoisotopic (exact) mass is 274 g/mol. The molecule has 0 saturated carbocycles. The molecular formula is C15H15FN2S. The summed E-state index contributed by atoms with van der Waals surface area (Å²) in [6, 6.07) is 8.54. The molecule has 19 heavy (non-hydrogen) atoms. The maximum Gasteiger partial charge on any atom is 0.124 e. The van der Waals surface area contributed by atoms with Crippen LogP contribution in [0.1, 0.15) is 26.4 Å². The van der Waals surface area contributed by atoms with Gasteiger partial charge in [0.25, 0.3) is 0 Å². The van der Waals surface area contributed by atoms with Crippen LogP contribution < -0.4 is 5.32 Å². The second kappa shape index (κ2) is 5.96. The van der Waals surface area contributed by atoms with E-state index in [9.17, 15) is 4.39 Å². The van der Waals surface area contributed by atoms with Gasteiger partial charge in [-0.15, -0.1) is 11.3 Å². The number of nitrogens with zero attached hydrogens (tertiary/aromatic N) is 1. The Bertz CT molecular complexity index is 606. The van der Waals surface area contributed by atoms with E-state index < -0.39 is 0 Å². The van der Waals surface area contributed by atoms with Crippen LogP contribution in [0, 0.1) is 31.0 Å². The van der Waals surface area contributed by atoms with Gasteiger partial charge in [-0.05, 0) is 49.2 Å². The van der Waals surface area contributed by atoms with Gasteiger partial charge in [0.15, 0.2) is 0 Å². The van der Waals surface area contributed by atoms with Crippen molar-refractivity contribution < 1.29 is 4.39 Å². The predicted octanol–water partition coefficient (Wildman–Crippen LogP) is 3.67. The lowest BCUT2D eigenvalue weighted by Gasteiger charge is -2.04. The van der Waals surface area contributed by atoms with E-state index in [1.807, 2.05) is 6.07 Å². The van der Waals surface area contributed by atoms with Crippen molar-refractivity contribution >= 4 is 11.3 Å². The zero-order valence-electron chi connectivity index (χ0n) is 11.0. The Morgan fingerprint density at radius 3 is 2.63 bits per heavy atom. The Labute approximate surface area is 116 Å². The summed E-state index contributed by atoms with van der Waals surface area (Å²) in [6.07, 6.45) is 0. The highest BCUT2D eigenvalue weighted by atomic mass is 32.1. The molecule has 0 fully saturated rings. The predicted molar refractivity (Wildman–Crippen MR) is 75.5 cm³/mol. The van der Waals surface area contributed by atoms with Gasteiger partial charge in [0, 0.05) is 22.8 Å². The summed E-state index contributed by atoms with van der Waals surface area (Å²) < 4.78 is 13.2. The van der Waals surface area contributed by atoms with Gasteiger partial charge in [-0.1, -0.05) is 0 Å². The average Bonchev–Trinajstić information content (AvgIpc) is 2.68. The summed E-state index contributed by atoms with van der Waals surface area (Å²) >= 11 is 1.77. The summed E-state index contributed by atoms with van der Waals surface area (Å²) in [5, 5.41) is 12.1. The van der Waals surface area contributed by atoms with Crippen molar-refractivity contribution in [1.29, 1.82) is 5.26 Å². The van der Waals surface area contributed by atoms with Gasteiger partial charge in [0.2, 0.25) is 0 Å². The molecule has 0 atom stereocenters. The topological polar surface area (TPSA) is 35.8 Å². The van der Waals surface area contributed by atoms with Crippen LogP contribution in [0.4, 0.5) is 4.39 Å². The molecule has 2 rings (SSSR count). The molecule has 0 saturated heterocycles. The molecule has 2 aromatic rings. The first-order valence-electron chi connectivity index (χ1n) is 6.04. The normalized spacial score (nSPS) is 10.4. The molecule has 0 unspecified atom stereocenters. The van der Waals surface area contributed by atoms with Crippen molar-refractivity contribution in [3.05, 3.63) is 56.5 Å². The zero-order chi connectivity index (χ0) is 13.8. The number of halogens is 1. The van der Waals surface area contributed by atoms with Crippen molar-refractivity contribution in [2.75, 3.05) is 0 Å². The number of benzene rings is 1. The highest BCUT2D eigenvalue weighted by molar-refractivity contribution is 7.12. The molecule has 2 nitrogen and oxygen atoms in total. The molecule has 0 aliphatic heterocycles. The van der Waals surface area contributed by atoms with E-state index in [4.69, 9.17) is 5.26 Å². The van der Waals surface area contributed by atoms with E-state index in [1.54, 1.807) is 17.4 Å². The Morgan fingerprint density at radius 1 is 1.21 bits per heavy atom. The van der Waals surface area contributed by atoms with E-state index in [1.165, 1.54) is 27.5 Å². The van der Waals surface area contributed by atoms with Gasteiger partial charge in [-0.25, -0.2) is 4.39 Å². The fraction of sp³-hybridized carbons (Fsp3) is 0.267. The molecule has 0 spiro atoms. The van der Waals surface area contributed by atoms with E-state index in [0.29, 0.717) is 12.1 Å². The number of nitriles is 1. The smallest absolute Gasteiger partial charge is 0.124 e. The quantitative estimate of drug-likeness (QED) is 0.923. The molecule has 1 N–H and O–H groups in total. The van der Waals surface area contributed by atoms with Crippen LogP contribution in [0.5, 0.6) is 0 Å². The highest BCUT2D eigenvalue weighted by Gasteiger charge is 2.03. The molecule has 0 radical (unpaired) electrons. The molecule has 0 amide bonds. The first kappa shape index (κ1) is 13.7. The lowest BCUT2D eigenvalue weighted by Crippen LogP contribution is -2.12. The maximum absolute atomic E-state index is 13.2. The van der Waals surface area contributed by atoms with Crippen molar-refractivity contribution in [2.45, 2.75) is 26.9 Å². The molecule has 0 bridgehead atoms. The third-order valence-corrected chi connectivity index (χ3v) is 4.08. The molecule has 0 aliphatic rings. The van der Waals surface area contributed by atoms with Crippen LogP contribution in [-0.4, -0.2) is 0 Å². The van der Waals surface area contributed by atoms with Crippen LogP contribution in [0.2, 0.25) is 0 Å². The Balaban J connectivity index is 1.96. The minimum Gasteiger partial charge on any atom is -0.308 e. The van der Waals surface area contributed by atoms with Crippen molar-refractivity contribution in [2.24, 2.45) is 0 Å². The Morgan fingerprint density at radius 2 is 2.00 bits per heavy atom. The standard InChI is InChI=1S/C15H15FN2S/c1-10-3-15(19-11(10)2)9-18-8-13-4-12(7-17)5-14(16)6-13/h3-6,18H,8-9H2,1-2H3. The summed E-state index contributed by atoms with van der Waals surface area (Å²) in [6.45, 7) is 5.52. The summed E-state index contributed by atoms with van der Waals surface area (Å²) in [5.74, 6) is -0.362. The molecule has 98 valence electrons. The van der Waals surface area contributed by atoms with Crippen LogP contribution >= 0.6 is 11.3 Å². The number of rotatable bonds is 4. The fourth-order valence-corrected chi connectivity index (χ4v) is 2.91. The summed E-state index contributed by atoms with van der Waals surface area (Å²) in [4.78, 5) is 2.60. The van der Waals surface area contributed by atoms with E-state index >= 15 is 0 Å². The third kappa shape index (κ3) is 3.63. The minimum absolute atomic E-state index is 0.361. The number of nitrogens with one attached hydrogen (secondary N) is 1. The van der Waals surface area contributed by atoms with Crippen LogP contribution in [0.25, 0.3) is 0 Å². The Hall–Kier alpha value is -1.70. The van der Waals surface area contributed by atoms with Gasteiger partial charge >= 0.3 is 0 Å². The highest BCUT2D eigenvalue weighted by Crippen LogP contribution is 2.20. The lowest BCUT2D eigenvalue weighted by molar-refractivity contribution is 0.620. The zero-order valence-corrected chi connectivity index (χ0v) is 11.8. The Kier molecular flexibility index (Phi) is 4.31. The largest absolute Gasteiger partial charge is 0.308 e. The van der Waals surface area contributed by atoms with Crippen LogP contribution in [0.3, 0.4) is 0 Å². The third-order valence-electron chi connectivity index (χ3n) is 2.93. The van der Waals surface area contributed by atoms with Crippen molar-refractivity contribution in [3.8, 4) is 6.07 Å². The minimum atomic E-state index is -0.362. The van der Waals surface area contributed by atoms with E-state index in [2.05, 4.69) is 25.2 Å². The SMILES string of the molecule is Cc1cc(CNCc2cc(F)cc(C#N)c2)sc1C. The van der Waals surface area contributed by atoms with Gasteiger partial charge in [0.1, 0.15) is 5.82 Å².